The molecule has 1 aromatic rings. The van der Waals surface area contributed by atoms with Gasteiger partial charge in [0.15, 0.2) is 0 Å². The van der Waals surface area contributed by atoms with Crippen LogP contribution in [0.4, 0.5) is 5.69 Å². The van der Waals surface area contributed by atoms with Crippen molar-refractivity contribution in [3.8, 4) is 12.1 Å². The molecule has 17 heavy (non-hydrogen) atoms. The topological polar surface area (TPSA) is 59.6 Å². The van der Waals surface area contributed by atoms with Crippen molar-refractivity contribution in [3.63, 3.8) is 0 Å². The molecule has 1 aliphatic rings. The summed E-state index contributed by atoms with van der Waals surface area (Å²) in [6.07, 6.45) is 4.85. The predicted molar refractivity (Wildman–Crippen MR) is 66.1 cm³/mol. The number of fused-ring (bicyclic) bond motifs is 1. The Labute approximate surface area is 101 Å². The van der Waals surface area contributed by atoms with Crippen molar-refractivity contribution < 1.29 is 0 Å². The molecular formula is C14H13N3. The second kappa shape index (κ2) is 4.72. The number of hydrogen-bond donors (Lipinski definition) is 1. The number of nitrogens with one attached hydrogen (secondary N) is 1. The lowest BCUT2D eigenvalue weighted by Gasteiger charge is -2.09. The zero-order valence-corrected chi connectivity index (χ0v) is 9.75. The maximum atomic E-state index is 8.67. The van der Waals surface area contributed by atoms with Gasteiger partial charge in [0, 0.05) is 11.9 Å². The van der Waals surface area contributed by atoms with Crippen LogP contribution in [0.15, 0.2) is 23.9 Å². The third-order valence-corrected chi connectivity index (χ3v) is 2.97. The molecule has 0 unspecified atom stereocenters. The Morgan fingerprint density at radius 2 is 2.06 bits per heavy atom. The lowest BCUT2D eigenvalue weighted by Crippen LogP contribution is -1.96. The Bertz CT molecular complexity index is 540. The van der Waals surface area contributed by atoms with E-state index in [1.165, 1.54) is 29.3 Å². The molecule has 1 aliphatic carbocycles. The van der Waals surface area contributed by atoms with Crippen LogP contribution in [0.5, 0.6) is 0 Å². The Morgan fingerprint density at radius 1 is 1.29 bits per heavy atom. The predicted octanol–water partition coefficient (Wildman–Crippen LogP) is 2.83. The fraction of sp³-hybridized carbons (Fsp3) is 0.286. The van der Waals surface area contributed by atoms with Crippen LogP contribution in [0.25, 0.3) is 0 Å². The molecule has 0 spiro atoms. The second-order valence-corrected chi connectivity index (χ2v) is 4.23. The SMILES string of the molecule is Cc1cc2c(c(NC=C(C#N)C#N)c1)CCC2. The fourth-order valence-electron chi connectivity index (χ4n) is 2.23. The number of nitrogens with zero attached hydrogens (tertiary/aromatic N) is 2. The van der Waals surface area contributed by atoms with E-state index in [1.54, 1.807) is 0 Å². The van der Waals surface area contributed by atoms with Gasteiger partial charge < -0.3 is 5.32 Å². The molecule has 1 aromatic carbocycles. The Kier molecular flexibility index (Phi) is 3.12. The highest BCUT2D eigenvalue weighted by Gasteiger charge is 2.14. The maximum Gasteiger partial charge on any atom is 0.145 e. The number of benzene rings is 1. The molecule has 0 radical (unpaired) electrons. The lowest BCUT2D eigenvalue weighted by molar-refractivity contribution is 0.912. The van der Waals surface area contributed by atoms with Gasteiger partial charge in [-0.15, -0.1) is 0 Å². The van der Waals surface area contributed by atoms with Gasteiger partial charge in [-0.25, -0.2) is 0 Å². The van der Waals surface area contributed by atoms with E-state index in [0.29, 0.717) is 0 Å². The molecule has 2 rings (SSSR count). The molecule has 0 atom stereocenters. The van der Waals surface area contributed by atoms with Gasteiger partial charge in [-0.3, -0.25) is 0 Å². The highest BCUT2D eigenvalue weighted by molar-refractivity contribution is 5.60. The van der Waals surface area contributed by atoms with Crippen LogP contribution in [0.1, 0.15) is 23.1 Å². The second-order valence-electron chi connectivity index (χ2n) is 4.23. The normalized spacial score (nSPS) is 12.2. The van der Waals surface area contributed by atoms with Crippen LogP contribution in [-0.2, 0) is 12.8 Å². The number of nitriles is 2. The van der Waals surface area contributed by atoms with E-state index >= 15 is 0 Å². The van der Waals surface area contributed by atoms with Crippen molar-refractivity contribution in [3.05, 3.63) is 40.6 Å². The Hall–Kier alpha value is -2.26. The Morgan fingerprint density at radius 3 is 2.76 bits per heavy atom. The smallest absolute Gasteiger partial charge is 0.145 e. The highest BCUT2D eigenvalue weighted by atomic mass is 14.8. The van der Waals surface area contributed by atoms with Crippen LogP contribution in [0.3, 0.4) is 0 Å². The van der Waals surface area contributed by atoms with Gasteiger partial charge >= 0.3 is 0 Å². The number of allylic oxidation sites excluding steroid dienone is 1. The van der Waals surface area contributed by atoms with Crippen molar-refractivity contribution in [2.75, 3.05) is 5.32 Å². The van der Waals surface area contributed by atoms with E-state index in [-0.39, 0.29) is 5.57 Å². The summed E-state index contributed by atoms with van der Waals surface area (Å²) in [5.41, 5.74) is 5.04. The molecule has 3 nitrogen and oxygen atoms in total. The van der Waals surface area contributed by atoms with Gasteiger partial charge in [0.05, 0.1) is 0 Å². The summed E-state index contributed by atoms with van der Waals surface area (Å²) >= 11 is 0. The molecular weight excluding hydrogens is 210 g/mol. The average Bonchev–Trinajstić information content (AvgIpc) is 2.78. The summed E-state index contributed by atoms with van der Waals surface area (Å²) in [5, 5.41) is 20.4. The first-order valence-corrected chi connectivity index (χ1v) is 5.64. The summed E-state index contributed by atoms with van der Waals surface area (Å²) < 4.78 is 0. The zero-order valence-electron chi connectivity index (χ0n) is 9.75. The molecule has 1 N–H and O–H groups in total. The van der Waals surface area contributed by atoms with Crippen molar-refractivity contribution in [1.82, 2.24) is 0 Å². The summed E-state index contributed by atoms with van der Waals surface area (Å²) in [4.78, 5) is 0. The quantitative estimate of drug-likeness (QED) is 0.784. The minimum atomic E-state index is 0.0956. The molecule has 3 heteroatoms. The van der Waals surface area contributed by atoms with Crippen LogP contribution < -0.4 is 5.32 Å². The highest BCUT2D eigenvalue weighted by Crippen LogP contribution is 2.30. The number of anilines is 1. The molecule has 0 aliphatic heterocycles. The van der Waals surface area contributed by atoms with Gasteiger partial charge in [-0.2, -0.15) is 10.5 Å². The van der Waals surface area contributed by atoms with E-state index in [0.717, 1.165) is 18.5 Å². The van der Waals surface area contributed by atoms with E-state index in [2.05, 4.69) is 24.4 Å². The van der Waals surface area contributed by atoms with Gasteiger partial charge in [0.1, 0.15) is 17.7 Å². The number of hydrogen-bond acceptors (Lipinski definition) is 3. The third kappa shape index (κ3) is 2.29. The van der Waals surface area contributed by atoms with Crippen molar-refractivity contribution in [1.29, 1.82) is 10.5 Å². The van der Waals surface area contributed by atoms with Gasteiger partial charge in [-0.1, -0.05) is 6.07 Å². The third-order valence-electron chi connectivity index (χ3n) is 2.97. The first-order valence-electron chi connectivity index (χ1n) is 5.64. The lowest BCUT2D eigenvalue weighted by atomic mass is 10.0. The molecule has 0 bridgehead atoms. The largest absolute Gasteiger partial charge is 0.360 e. The summed E-state index contributed by atoms with van der Waals surface area (Å²) in [5.74, 6) is 0. The average molecular weight is 223 g/mol. The summed E-state index contributed by atoms with van der Waals surface area (Å²) in [7, 11) is 0. The van der Waals surface area contributed by atoms with Crippen molar-refractivity contribution in [2.24, 2.45) is 0 Å². The number of rotatable bonds is 2. The molecule has 0 amide bonds. The minimum absolute atomic E-state index is 0.0956. The number of aryl methyl sites for hydroxylation is 2. The first-order chi connectivity index (χ1) is 8.24. The van der Waals surface area contributed by atoms with E-state index in [4.69, 9.17) is 10.5 Å². The molecule has 0 heterocycles. The van der Waals surface area contributed by atoms with E-state index in [9.17, 15) is 0 Å². The van der Waals surface area contributed by atoms with E-state index < -0.39 is 0 Å². The maximum absolute atomic E-state index is 8.67. The zero-order chi connectivity index (χ0) is 12.3. The Balaban J connectivity index is 2.32. The monoisotopic (exact) mass is 223 g/mol. The molecule has 84 valence electrons. The van der Waals surface area contributed by atoms with Crippen LogP contribution in [0.2, 0.25) is 0 Å². The molecule has 0 saturated carbocycles. The van der Waals surface area contributed by atoms with Gasteiger partial charge in [0.25, 0.3) is 0 Å². The molecule has 0 aromatic heterocycles. The van der Waals surface area contributed by atoms with Crippen LogP contribution in [0, 0.1) is 29.6 Å². The molecule has 0 fully saturated rings. The van der Waals surface area contributed by atoms with Gasteiger partial charge in [0.2, 0.25) is 0 Å². The summed E-state index contributed by atoms with van der Waals surface area (Å²) in [6, 6.07) is 7.96. The standard InChI is InChI=1S/C14H13N3/c1-10-5-12-3-2-4-13(12)14(6-10)17-9-11(7-15)8-16/h5-6,9,17H,2-4H2,1H3. The van der Waals surface area contributed by atoms with Gasteiger partial charge in [-0.05, 0) is 48.9 Å². The van der Waals surface area contributed by atoms with Crippen LogP contribution in [-0.4, -0.2) is 0 Å². The minimum Gasteiger partial charge on any atom is -0.360 e. The van der Waals surface area contributed by atoms with Crippen molar-refractivity contribution in [2.45, 2.75) is 26.2 Å². The fourth-order valence-corrected chi connectivity index (χ4v) is 2.23. The first kappa shape index (κ1) is 11.2. The molecule has 0 saturated heterocycles. The van der Waals surface area contributed by atoms with Crippen molar-refractivity contribution >= 4 is 5.69 Å². The summed E-state index contributed by atoms with van der Waals surface area (Å²) in [6.45, 7) is 2.06. The van der Waals surface area contributed by atoms with E-state index in [1.807, 2.05) is 12.1 Å². The van der Waals surface area contributed by atoms with Crippen LogP contribution >= 0.6 is 0 Å².